The lowest BCUT2D eigenvalue weighted by Crippen LogP contribution is -2.11. The van der Waals surface area contributed by atoms with E-state index in [-0.39, 0.29) is 5.41 Å². The zero-order valence-corrected chi connectivity index (χ0v) is 16.7. The molecule has 0 amide bonds. The lowest BCUT2D eigenvalue weighted by molar-refractivity contribution is 0.591. The second-order valence-electron chi connectivity index (χ2n) is 8.21. The van der Waals surface area contributed by atoms with Crippen molar-refractivity contribution in [3.05, 3.63) is 46.5 Å². The second-order valence-corrected chi connectivity index (χ2v) is 8.21. The molecular weight excluding hydrogens is 316 g/mol. The maximum Gasteiger partial charge on any atom is 0.101 e. The monoisotopic (exact) mass is 346 g/mol. The van der Waals surface area contributed by atoms with E-state index < -0.39 is 0 Å². The quantitative estimate of drug-likeness (QED) is 0.518. The van der Waals surface area contributed by atoms with Crippen LogP contribution in [0, 0.1) is 22.7 Å². The largest absolute Gasteiger partial charge is 0.192 e. The predicted octanol–water partition coefficient (Wildman–Crippen LogP) is 6.78. The average molecular weight is 347 g/mol. The molecule has 0 radical (unpaired) electrons. The van der Waals surface area contributed by atoms with Gasteiger partial charge in [0.15, 0.2) is 0 Å². The molecule has 2 rings (SSSR count). The molecule has 0 aliphatic heterocycles. The lowest BCUT2D eigenvalue weighted by atomic mass is 9.84. The summed E-state index contributed by atoms with van der Waals surface area (Å²) in [6.07, 6.45) is 8.24. The number of unbranched alkanes of at least 4 members (excludes halogenated alkanes) is 5. The molecule has 26 heavy (non-hydrogen) atoms. The van der Waals surface area contributed by atoms with Crippen LogP contribution < -0.4 is 0 Å². The zero-order chi connectivity index (χ0) is 19.2. The fourth-order valence-electron chi connectivity index (χ4n) is 3.46. The van der Waals surface area contributed by atoms with E-state index in [0.29, 0.717) is 11.1 Å². The van der Waals surface area contributed by atoms with Gasteiger partial charge in [-0.1, -0.05) is 71.9 Å². The van der Waals surface area contributed by atoms with Gasteiger partial charge in [0.05, 0.1) is 11.1 Å². The van der Waals surface area contributed by atoms with Crippen LogP contribution in [0.1, 0.15) is 88.5 Å². The molecule has 0 saturated carbocycles. The number of nitriles is 2. The van der Waals surface area contributed by atoms with Crippen LogP contribution >= 0.6 is 0 Å². The van der Waals surface area contributed by atoms with Crippen LogP contribution in [0.25, 0.3) is 10.8 Å². The highest BCUT2D eigenvalue weighted by Gasteiger charge is 2.18. The van der Waals surface area contributed by atoms with Crippen molar-refractivity contribution in [2.75, 3.05) is 0 Å². The van der Waals surface area contributed by atoms with Gasteiger partial charge in [-0.2, -0.15) is 10.5 Å². The molecule has 0 aromatic heterocycles. The highest BCUT2D eigenvalue weighted by Crippen LogP contribution is 2.31. The Bertz CT molecular complexity index is 842. The maximum atomic E-state index is 9.73. The molecule has 0 heterocycles. The van der Waals surface area contributed by atoms with Crippen LogP contribution in [-0.2, 0) is 11.8 Å². The van der Waals surface area contributed by atoms with Gasteiger partial charge in [-0.25, -0.2) is 0 Å². The number of hydrogen-bond acceptors (Lipinski definition) is 2. The van der Waals surface area contributed by atoms with Gasteiger partial charge in [0.2, 0.25) is 0 Å². The molecule has 0 aliphatic rings. The van der Waals surface area contributed by atoms with Crippen LogP contribution in [0.2, 0.25) is 0 Å². The fraction of sp³-hybridized carbons (Fsp3) is 0.500. The van der Waals surface area contributed by atoms with E-state index in [9.17, 15) is 10.5 Å². The molecule has 2 aromatic carbocycles. The van der Waals surface area contributed by atoms with Gasteiger partial charge in [0.25, 0.3) is 0 Å². The molecule has 2 nitrogen and oxygen atoms in total. The molecule has 0 spiro atoms. The van der Waals surface area contributed by atoms with E-state index in [4.69, 9.17) is 0 Å². The van der Waals surface area contributed by atoms with Crippen molar-refractivity contribution in [1.29, 1.82) is 10.5 Å². The van der Waals surface area contributed by atoms with E-state index in [0.717, 1.165) is 29.2 Å². The Morgan fingerprint density at radius 2 is 1.50 bits per heavy atom. The third-order valence-electron chi connectivity index (χ3n) is 5.11. The topological polar surface area (TPSA) is 47.6 Å². The molecular formula is C24H30N2. The minimum Gasteiger partial charge on any atom is -0.192 e. The molecule has 0 aliphatic carbocycles. The smallest absolute Gasteiger partial charge is 0.101 e. The molecule has 0 unspecified atom stereocenters. The summed E-state index contributed by atoms with van der Waals surface area (Å²) in [5, 5.41) is 21.4. The Balaban J connectivity index is 2.35. The summed E-state index contributed by atoms with van der Waals surface area (Å²) in [6.45, 7) is 8.72. The minimum absolute atomic E-state index is 0.0187. The highest BCUT2D eigenvalue weighted by atomic mass is 14.3. The number of fused-ring (bicyclic) bond motifs is 1. The van der Waals surface area contributed by atoms with Gasteiger partial charge in [0.1, 0.15) is 12.1 Å². The van der Waals surface area contributed by atoms with Gasteiger partial charge < -0.3 is 0 Å². The Kier molecular flexibility index (Phi) is 6.82. The van der Waals surface area contributed by atoms with E-state index in [1.54, 1.807) is 0 Å². The first-order valence-corrected chi connectivity index (χ1v) is 9.82. The van der Waals surface area contributed by atoms with Crippen LogP contribution in [-0.4, -0.2) is 0 Å². The Hall–Kier alpha value is -2.32. The molecule has 0 bridgehead atoms. The molecule has 0 atom stereocenters. The minimum atomic E-state index is 0.0187. The number of hydrogen-bond donors (Lipinski definition) is 0. The molecule has 0 saturated heterocycles. The summed E-state index contributed by atoms with van der Waals surface area (Å²) < 4.78 is 0. The average Bonchev–Trinajstić information content (AvgIpc) is 2.62. The van der Waals surface area contributed by atoms with Crippen molar-refractivity contribution in [3.8, 4) is 12.1 Å². The Labute approximate surface area is 158 Å². The van der Waals surface area contributed by atoms with Crippen molar-refractivity contribution in [3.63, 3.8) is 0 Å². The molecule has 136 valence electrons. The lowest BCUT2D eigenvalue weighted by Gasteiger charge is -2.20. The number of nitrogens with zero attached hydrogens (tertiary/aromatic N) is 2. The molecule has 2 aromatic rings. The Morgan fingerprint density at radius 1 is 0.846 bits per heavy atom. The highest BCUT2D eigenvalue weighted by molar-refractivity contribution is 5.91. The standard InChI is InChI=1S/C24H30N2/c1-5-6-7-8-9-10-11-18-14-19-12-13-20(24(2,3)4)15-21(19)23(17-26)22(18)16-25/h12-15H,5-11H2,1-4H3. The number of rotatable bonds is 7. The molecule has 2 heteroatoms. The zero-order valence-electron chi connectivity index (χ0n) is 16.7. The first-order valence-electron chi connectivity index (χ1n) is 9.82. The first kappa shape index (κ1) is 20.0. The summed E-state index contributed by atoms with van der Waals surface area (Å²) >= 11 is 0. The predicted molar refractivity (Wildman–Crippen MR) is 109 cm³/mol. The van der Waals surface area contributed by atoms with Gasteiger partial charge in [-0.15, -0.1) is 0 Å². The van der Waals surface area contributed by atoms with Crippen molar-refractivity contribution < 1.29 is 0 Å². The van der Waals surface area contributed by atoms with Gasteiger partial charge in [-0.3, -0.25) is 0 Å². The van der Waals surface area contributed by atoms with Crippen molar-refractivity contribution in [1.82, 2.24) is 0 Å². The van der Waals surface area contributed by atoms with Crippen molar-refractivity contribution in [2.45, 2.75) is 78.1 Å². The van der Waals surface area contributed by atoms with Crippen molar-refractivity contribution >= 4 is 10.8 Å². The number of benzene rings is 2. The summed E-state index contributed by atoms with van der Waals surface area (Å²) in [6, 6.07) is 13.1. The third-order valence-corrected chi connectivity index (χ3v) is 5.11. The molecule has 0 N–H and O–H groups in total. The van der Waals surface area contributed by atoms with E-state index in [1.165, 1.54) is 37.7 Å². The normalized spacial score (nSPS) is 11.3. The van der Waals surface area contributed by atoms with E-state index in [1.807, 2.05) is 0 Å². The van der Waals surface area contributed by atoms with E-state index in [2.05, 4.69) is 64.1 Å². The summed E-state index contributed by atoms with van der Waals surface area (Å²) in [5.74, 6) is 0. The van der Waals surface area contributed by atoms with Crippen LogP contribution in [0.3, 0.4) is 0 Å². The van der Waals surface area contributed by atoms with E-state index >= 15 is 0 Å². The van der Waals surface area contributed by atoms with Gasteiger partial charge in [-0.05, 0) is 46.9 Å². The summed E-state index contributed by atoms with van der Waals surface area (Å²) in [5.41, 5.74) is 3.34. The van der Waals surface area contributed by atoms with Crippen LogP contribution in [0.5, 0.6) is 0 Å². The van der Waals surface area contributed by atoms with Crippen LogP contribution in [0.15, 0.2) is 24.3 Å². The second kappa shape index (κ2) is 8.86. The van der Waals surface area contributed by atoms with Gasteiger partial charge >= 0.3 is 0 Å². The SMILES string of the molecule is CCCCCCCCc1cc2ccc(C(C)(C)C)cc2c(C#N)c1C#N. The van der Waals surface area contributed by atoms with Crippen molar-refractivity contribution in [2.24, 2.45) is 0 Å². The maximum absolute atomic E-state index is 9.73. The van der Waals surface area contributed by atoms with Crippen LogP contribution in [0.4, 0.5) is 0 Å². The fourth-order valence-corrected chi connectivity index (χ4v) is 3.46. The third kappa shape index (κ3) is 4.64. The Morgan fingerprint density at radius 3 is 2.12 bits per heavy atom. The number of aryl methyl sites for hydroxylation is 1. The van der Waals surface area contributed by atoms with Gasteiger partial charge in [0, 0.05) is 5.39 Å². The molecule has 0 fully saturated rings. The first-order chi connectivity index (χ1) is 12.4. The summed E-state index contributed by atoms with van der Waals surface area (Å²) in [7, 11) is 0. The summed E-state index contributed by atoms with van der Waals surface area (Å²) in [4.78, 5) is 0.